The maximum absolute atomic E-state index is 15.1. The summed E-state index contributed by atoms with van der Waals surface area (Å²) in [5.74, 6) is -6.22. The molecule has 4 aromatic rings. The van der Waals surface area contributed by atoms with Gasteiger partial charge in [-0.15, -0.1) is 0 Å². The highest BCUT2D eigenvalue weighted by atomic mass is 16.6. The molecular formula is C66H96N8O14. The number of carbonyl (C=O) groups is 8. The molecule has 0 radical (unpaired) electrons. The number of cyclic esters (lactones) is 4. The van der Waals surface area contributed by atoms with Crippen LogP contribution < -0.4 is 9.47 Å². The van der Waals surface area contributed by atoms with E-state index in [9.17, 15) is 28.8 Å². The predicted octanol–water partition coefficient (Wildman–Crippen LogP) is 7.57. The summed E-state index contributed by atoms with van der Waals surface area (Å²) in [5, 5.41) is 9.04. The SMILES string of the molecule is CCOc1cn(Cc2ccc(C[C@H]3OC(=O)[C@H](CC(C)C)N(C)C(=O)[C@@H](C)OC(=O)[C@H](CC(C)C)N(C)C(=O)[C@@H](Cc4ccc(Cn5ncc(OCC)c5C)cc4)OC(=O)[C@H](CC(C)C)N(C)C(=O)[C@@H](C)OC(=O)[C@H](CC(C)C)N(C)C3=O)cc2)nc1C. The van der Waals surface area contributed by atoms with Crippen LogP contribution in [0, 0.1) is 37.5 Å². The zero-order chi connectivity index (χ0) is 65.4. The first-order valence-corrected chi connectivity index (χ1v) is 30.8. The Bertz CT molecular complexity index is 2990. The molecule has 0 spiro atoms. The van der Waals surface area contributed by atoms with Gasteiger partial charge < -0.3 is 48.0 Å². The Kier molecular flexibility index (Phi) is 26.2. The molecule has 1 aliphatic heterocycles. The normalized spacial score (nSPS) is 22.2. The number of likely N-dealkylation sites (N-methyl/N-ethyl adjacent to an activating group) is 4. The number of hydrogen-bond acceptors (Lipinski definition) is 16. The maximum Gasteiger partial charge on any atom is 0.329 e. The predicted molar refractivity (Wildman–Crippen MR) is 330 cm³/mol. The first kappa shape index (κ1) is 71.0. The minimum atomic E-state index is -1.56. The largest absolute Gasteiger partial charge is 0.490 e. The van der Waals surface area contributed by atoms with E-state index in [-0.39, 0.29) is 62.2 Å². The highest BCUT2D eigenvalue weighted by molar-refractivity contribution is 5.94. The van der Waals surface area contributed by atoms with Gasteiger partial charge in [0, 0.05) is 41.0 Å². The molecular weight excluding hydrogens is 1130 g/mol. The number of ether oxygens (including phenoxy) is 6. The van der Waals surface area contributed by atoms with Crippen LogP contribution in [0.25, 0.3) is 0 Å². The van der Waals surface area contributed by atoms with Gasteiger partial charge in [0.1, 0.15) is 29.9 Å². The lowest BCUT2D eigenvalue weighted by Gasteiger charge is -2.35. The highest BCUT2D eigenvalue weighted by Crippen LogP contribution is 2.26. The second kappa shape index (κ2) is 32.4. The van der Waals surface area contributed by atoms with Crippen LogP contribution >= 0.6 is 0 Å². The molecule has 1 fully saturated rings. The van der Waals surface area contributed by atoms with E-state index in [1.54, 1.807) is 39.8 Å². The Morgan fingerprint density at radius 3 is 1.16 bits per heavy atom. The average Bonchev–Trinajstić information content (AvgIpc) is 2.24. The number of esters is 4. The topological polar surface area (TPSA) is 241 Å². The zero-order valence-electron chi connectivity index (χ0n) is 55.1. The van der Waals surface area contributed by atoms with E-state index < -0.39 is 96.1 Å². The van der Waals surface area contributed by atoms with Gasteiger partial charge in [0.05, 0.1) is 44.4 Å². The molecule has 0 unspecified atom stereocenters. The Hall–Kier alpha value is -7.78. The lowest BCUT2D eigenvalue weighted by Crippen LogP contribution is -2.55. The first-order valence-electron chi connectivity index (χ1n) is 30.8. The fourth-order valence-electron chi connectivity index (χ4n) is 10.6. The van der Waals surface area contributed by atoms with Crippen molar-refractivity contribution in [2.45, 2.75) is 197 Å². The molecule has 22 nitrogen and oxygen atoms in total. The molecule has 0 bridgehead atoms. The van der Waals surface area contributed by atoms with Crippen molar-refractivity contribution in [3.8, 4) is 11.5 Å². The number of aryl methyl sites for hydroxylation is 1. The number of benzene rings is 2. The molecule has 0 aliphatic carbocycles. The van der Waals surface area contributed by atoms with E-state index in [0.717, 1.165) is 42.1 Å². The van der Waals surface area contributed by atoms with Gasteiger partial charge in [-0.2, -0.15) is 10.2 Å². The Morgan fingerprint density at radius 1 is 0.466 bits per heavy atom. The van der Waals surface area contributed by atoms with Crippen LogP contribution in [0.2, 0.25) is 0 Å². The number of aromatic nitrogens is 4. The van der Waals surface area contributed by atoms with Gasteiger partial charge in [-0.1, -0.05) is 104 Å². The number of carbonyl (C=O) groups excluding carboxylic acids is 8. The number of nitrogens with zero attached hydrogens (tertiary/aromatic N) is 8. The molecule has 1 aliphatic rings. The molecule has 5 rings (SSSR count). The third-order valence-electron chi connectivity index (χ3n) is 15.6. The molecule has 0 N–H and O–H groups in total. The van der Waals surface area contributed by atoms with Crippen LogP contribution in [-0.4, -0.2) is 177 Å². The standard InChI is InChI=1S/C66H96N8O14/c1-19-83-57-35-67-74(44(57)12)37-50-27-23-48(24-28-50)34-56-62(78)72(18)52(30-40(5)6)64(80)86-45(13)59(75)69(15)53(31-41(7)8)65(81)87-55(33-47-21-25-49(26-22-47)36-73-38-58(84-20-2)43(11)68-73)61(77)71(17)51(29-39(3)4)63(79)85-46(14)60(76)70(16)54(32-42(9)10)66(82)88-56/h21-28,35,38-42,45-46,51-56H,19-20,29-34,36-37H2,1-18H3/t45-,46-,51+,52+,53+,54+,55-,56-/m1/s1. The van der Waals surface area contributed by atoms with Crippen molar-refractivity contribution in [2.75, 3.05) is 41.4 Å². The zero-order valence-corrected chi connectivity index (χ0v) is 55.1. The van der Waals surface area contributed by atoms with Crippen molar-refractivity contribution in [3.63, 3.8) is 0 Å². The molecule has 0 saturated carbocycles. The van der Waals surface area contributed by atoms with Crippen molar-refractivity contribution in [1.29, 1.82) is 0 Å². The van der Waals surface area contributed by atoms with Crippen molar-refractivity contribution in [3.05, 3.63) is 94.6 Å². The molecule has 88 heavy (non-hydrogen) atoms. The Balaban J connectivity index is 1.58. The lowest BCUT2D eigenvalue weighted by molar-refractivity contribution is -0.176. The molecule has 4 amide bonds. The monoisotopic (exact) mass is 1220 g/mol. The van der Waals surface area contributed by atoms with Crippen molar-refractivity contribution < 1.29 is 66.8 Å². The van der Waals surface area contributed by atoms with Gasteiger partial charge >= 0.3 is 23.9 Å². The third-order valence-corrected chi connectivity index (χ3v) is 15.6. The fraction of sp³-hybridized carbons (Fsp3) is 0.606. The summed E-state index contributed by atoms with van der Waals surface area (Å²) in [6.07, 6.45) is -2.66. The van der Waals surface area contributed by atoms with Crippen LogP contribution in [0.5, 0.6) is 11.5 Å². The summed E-state index contributed by atoms with van der Waals surface area (Å²) < 4.78 is 39.3. The first-order chi connectivity index (χ1) is 41.4. The summed E-state index contributed by atoms with van der Waals surface area (Å²) >= 11 is 0. The third kappa shape index (κ3) is 19.4. The van der Waals surface area contributed by atoms with Gasteiger partial charge in [0.25, 0.3) is 23.6 Å². The summed E-state index contributed by atoms with van der Waals surface area (Å²) in [5.41, 5.74) is 4.54. The number of rotatable bonds is 20. The van der Waals surface area contributed by atoms with Gasteiger partial charge in [0.2, 0.25) is 0 Å². The summed E-state index contributed by atoms with van der Waals surface area (Å²) in [7, 11) is 5.56. The quantitative estimate of drug-likeness (QED) is 0.0612. The second-order valence-corrected chi connectivity index (χ2v) is 24.8. The van der Waals surface area contributed by atoms with Crippen LogP contribution in [0.1, 0.15) is 142 Å². The molecule has 22 heteroatoms. The summed E-state index contributed by atoms with van der Waals surface area (Å²) in [6.45, 7) is 26.9. The number of amides is 4. The van der Waals surface area contributed by atoms with Gasteiger partial charge in [-0.3, -0.25) is 28.5 Å². The minimum Gasteiger partial charge on any atom is -0.490 e. The Morgan fingerprint density at radius 2 is 0.795 bits per heavy atom. The van der Waals surface area contributed by atoms with E-state index in [2.05, 4.69) is 10.2 Å². The van der Waals surface area contributed by atoms with Crippen molar-refractivity contribution >= 4 is 47.5 Å². The van der Waals surface area contributed by atoms with E-state index in [1.165, 1.54) is 42.0 Å². The van der Waals surface area contributed by atoms with E-state index in [1.807, 2.05) is 114 Å². The highest BCUT2D eigenvalue weighted by Gasteiger charge is 2.43. The smallest absolute Gasteiger partial charge is 0.329 e. The van der Waals surface area contributed by atoms with Gasteiger partial charge in [-0.05, 0) is 113 Å². The molecule has 484 valence electrons. The second-order valence-electron chi connectivity index (χ2n) is 24.8. The van der Waals surface area contributed by atoms with Crippen molar-refractivity contribution in [2.24, 2.45) is 23.7 Å². The van der Waals surface area contributed by atoms with E-state index in [0.29, 0.717) is 48.9 Å². The van der Waals surface area contributed by atoms with Crippen LogP contribution in [0.4, 0.5) is 0 Å². The van der Waals surface area contributed by atoms with Crippen molar-refractivity contribution in [1.82, 2.24) is 39.2 Å². The Labute approximate surface area is 519 Å². The van der Waals surface area contributed by atoms with Gasteiger partial charge in [0.15, 0.2) is 35.9 Å². The molecule has 2 aromatic heterocycles. The van der Waals surface area contributed by atoms with Crippen LogP contribution in [0.3, 0.4) is 0 Å². The fourth-order valence-corrected chi connectivity index (χ4v) is 10.6. The summed E-state index contributed by atoms with van der Waals surface area (Å²) in [6, 6.07) is 9.45. The minimum absolute atomic E-state index is 0.0706. The summed E-state index contributed by atoms with van der Waals surface area (Å²) in [4.78, 5) is 123. The lowest BCUT2D eigenvalue weighted by atomic mass is 9.99. The van der Waals surface area contributed by atoms with E-state index in [4.69, 9.17) is 28.4 Å². The van der Waals surface area contributed by atoms with E-state index >= 15 is 9.59 Å². The molecule has 8 atom stereocenters. The van der Waals surface area contributed by atoms with Gasteiger partial charge in [-0.25, -0.2) is 19.2 Å². The molecule has 2 aromatic carbocycles. The van der Waals surface area contributed by atoms with Crippen LogP contribution in [-0.2, 0) is 83.2 Å². The number of hydrogen-bond donors (Lipinski definition) is 0. The maximum atomic E-state index is 15.1. The molecule has 1 saturated heterocycles. The average molecular weight is 1230 g/mol. The molecule has 3 heterocycles. The van der Waals surface area contributed by atoms with Crippen LogP contribution in [0.15, 0.2) is 60.9 Å².